The van der Waals surface area contributed by atoms with Crippen LogP contribution in [0.4, 0.5) is 0 Å². The topological polar surface area (TPSA) is 89.9 Å². The van der Waals surface area contributed by atoms with Gasteiger partial charge in [-0.2, -0.15) is 5.10 Å². The average molecular weight is 423 g/mol. The zero-order valence-electron chi connectivity index (χ0n) is 17.4. The van der Waals surface area contributed by atoms with Gasteiger partial charge >= 0.3 is 5.97 Å². The van der Waals surface area contributed by atoms with Gasteiger partial charge in [0.15, 0.2) is 11.9 Å². The molecule has 1 aromatic carbocycles. The van der Waals surface area contributed by atoms with E-state index >= 15 is 0 Å². The number of aromatic nitrogens is 4. The first-order valence-electron chi connectivity index (χ1n) is 9.59. The molecule has 3 heterocycles. The highest BCUT2D eigenvalue weighted by atomic mass is 32.1. The Morgan fingerprint density at radius 1 is 1.17 bits per heavy atom. The second kappa shape index (κ2) is 7.53. The lowest BCUT2D eigenvalue weighted by atomic mass is 10.2. The lowest BCUT2D eigenvalue weighted by Crippen LogP contribution is -2.17. The Bertz CT molecular complexity index is 1310. The van der Waals surface area contributed by atoms with Gasteiger partial charge in [-0.3, -0.25) is 4.79 Å². The van der Waals surface area contributed by atoms with Crippen molar-refractivity contribution in [2.45, 2.75) is 40.7 Å². The quantitative estimate of drug-likeness (QED) is 0.495. The molecule has 154 valence electrons. The van der Waals surface area contributed by atoms with Crippen molar-refractivity contribution in [3.63, 3.8) is 0 Å². The summed E-state index contributed by atoms with van der Waals surface area (Å²) in [6.07, 6.45) is -0.687. The SMILES string of the molecule is Cc1cc(C)n(-c2ccc(C(=O)O[C@H](C)c3nc4sc(C)c(C)c4c(=O)[nH]3)cc2)n1. The minimum absolute atomic E-state index is 0.214. The zero-order chi connectivity index (χ0) is 21.6. The van der Waals surface area contributed by atoms with E-state index in [0.29, 0.717) is 21.6 Å². The Hall–Kier alpha value is -3.26. The number of ether oxygens (including phenoxy) is 1. The molecule has 30 heavy (non-hydrogen) atoms. The van der Waals surface area contributed by atoms with E-state index in [1.807, 2.05) is 50.6 Å². The molecule has 7 nitrogen and oxygen atoms in total. The molecule has 0 saturated heterocycles. The number of nitrogens with zero attached hydrogens (tertiary/aromatic N) is 3. The van der Waals surface area contributed by atoms with Crippen LogP contribution in [0, 0.1) is 27.7 Å². The number of fused-ring (bicyclic) bond motifs is 1. The molecule has 0 aliphatic carbocycles. The van der Waals surface area contributed by atoms with Gasteiger partial charge in [-0.15, -0.1) is 11.3 Å². The average Bonchev–Trinajstić information content (AvgIpc) is 3.19. The molecule has 0 spiro atoms. The van der Waals surface area contributed by atoms with Gasteiger partial charge in [-0.05, 0) is 70.5 Å². The van der Waals surface area contributed by atoms with Crippen LogP contribution in [0.2, 0.25) is 0 Å². The summed E-state index contributed by atoms with van der Waals surface area (Å²) in [5.41, 5.74) is 3.94. The Kier molecular flexibility index (Phi) is 5.03. The van der Waals surface area contributed by atoms with Crippen LogP contribution in [0.1, 0.15) is 51.0 Å². The highest BCUT2D eigenvalue weighted by Gasteiger charge is 2.19. The first-order valence-corrected chi connectivity index (χ1v) is 10.4. The minimum atomic E-state index is -0.687. The maximum Gasteiger partial charge on any atom is 0.338 e. The van der Waals surface area contributed by atoms with E-state index in [1.165, 1.54) is 11.3 Å². The predicted molar refractivity (Wildman–Crippen MR) is 117 cm³/mol. The number of H-pyrrole nitrogens is 1. The number of carbonyl (C=O) groups is 1. The lowest BCUT2D eigenvalue weighted by Gasteiger charge is -2.13. The number of carbonyl (C=O) groups excluding carboxylic acids is 1. The first kappa shape index (κ1) is 20.0. The number of nitrogens with one attached hydrogen (secondary N) is 1. The summed E-state index contributed by atoms with van der Waals surface area (Å²) in [5, 5.41) is 5.04. The summed E-state index contributed by atoms with van der Waals surface area (Å²) in [6.45, 7) is 9.47. The number of benzene rings is 1. The van der Waals surface area contributed by atoms with Gasteiger partial charge in [-0.25, -0.2) is 14.5 Å². The van der Waals surface area contributed by atoms with E-state index in [-0.39, 0.29) is 5.56 Å². The number of aryl methyl sites for hydroxylation is 4. The van der Waals surface area contributed by atoms with Crippen LogP contribution in [0.3, 0.4) is 0 Å². The molecule has 1 N–H and O–H groups in total. The van der Waals surface area contributed by atoms with Crippen LogP contribution < -0.4 is 5.56 Å². The standard InChI is InChI=1S/C22H22N4O3S/c1-11-10-12(2)26(25-11)17-8-6-16(7-9-17)22(28)29-14(4)19-23-20(27)18-13(3)15(5)30-21(18)24-19/h6-10,14H,1-5H3,(H,23,24,27)/t14-/m1/s1. The van der Waals surface area contributed by atoms with Crippen LogP contribution in [-0.2, 0) is 4.74 Å². The third-order valence-corrected chi connectivity index (χ3v) is 6.18. The molecule has 8 heteroatoms. The Morgan fingerprint density at radius 3 is 2.50 bits per heavy atom. The highest BCUT2D eigenvalue weighted by molar-refractivity contribution is 7.18. The molecule has 4 aromatic rings. The maximum absolute atomic E-state index is 12.6. The minimum Gasteiger partial charge on any atom is -0.451 e. The fourth-order valence-corrected chi connectivity index (χ4v) is 4.41. The molecular formula is C22H22N4O3S. The summed E-state index contributed by atoms with van der Waals surface area (Å²) in [6, 6.07) is 9.04. The van der Waals surface area contributed by atoms with Crippen LogP contribution in [0.5, 0.6) is 0 Å². The van der Waals surface area contributed by atoms with Gasteiger partial charge in [0.1, 0.15) is 4.83 Å². The fourth-order valence-electron chi connectivity index (χ4n) is 3.38. The number of rotatable bonds is 4. The molecule has 0 fully saturated rings. The molecule has 1 atom stereocenters. The Morgan fingerprint density at radius 2 is 1.87 bits per heavy atom. The number of hydrogen-bond acceptors (Lipinski definition) is 6. The van der Waals surface area contributed by atoms with Crippen molar-refractivity contribution in [2.75, 3.05) is 0 Å². The van der Waals surface area contributed by atoms with Gasteiger partial charge in [0.2, 0.25) is 0 Å². The third kappa shape index (κ3) is 3.54. The van der Waals surface area contributed by atoms with E-state index < -0.39 is 12.1 Å². The predicted octanol–water partition coefficient (Wildman–Crippen LogP) is 4.32. The van der Waals surface area contributed by atoms with Crippen LogP contribution in [0.15, 0.2) is 35.1 Å². The summed E-state index contributed by atoms with van der Waals surface area (Å²) >= 11 is 1.46. The largest absolute Gasteiger partial charge is 0.451 e. The smallest absolute Gasteiger partial charge is 0.338 e. The molecule has 0 amide bonds. The van der Waals surface area contributed by atoms with Crippen LogP contribution in [0.25, 0.3) is 15.9 Å². The van der Waals surface area contributed by atoms with E-state index in [1.54, 1.807) is 19.1 Å². The Balaban J connectivity index is 1.54. The number of esters is 1. The van der Waals surface area contributed by atoms with Gasteiger partial charge < -0.3 is 9.72 Å². The Labute approximate surface area is 177 Å². The van der Waals surface area contributed by atoms with Crippen molar-refractivity contribution in [1.29, 1.82) is 0 Å². The monoisotopic (exact) mass is 422 g/mol. The molecule has 0 bridgehead atoms. The molecule has 3 aromatic heterocycles. The van der Waals surface area contributed by atoms with Crippen molar-refractivity contribution in [2.24, 2.45) is 0 Å². The van der Waals surface area contributed by atoms with Crippen molar-refractivity contribution >= 4 is 27.5 Å². The fraction of sp³-hybridized carbons (Fsp3) is 0.273. The molecule has 0 saturated carbocycles. The lowest BCUT2D eigenvalue weighted by molar-refractivity contribution is 0.0320. The van der Waals surface area contributed by atoms with Gasteiger partial charge in [0, 0.05) is 10.6 Å². The summed E-state index contributed by atoms with van der Waals surface area (Å²) < 4.78 is 7.37. The molecule has 0 unspecified atom stereocenters. The number of hydrogen-bond donors (Lipinski definition) is 1. The summed E-state index contributed by atoms with van der Waals surface area (Å²) in [7, 11) is 0. The van der Waals surface area contributed by atoms with Gasteiger partial charge in [-0.1, -0.05) is 0 Å². The molecular weight excluding hydrogens is 400 g/mol. The van der Waals surface area contributed by atoms with E-state index in [2.05, 4.69) is 15.1 Å². The van der Waals surface area contributed by atoms with Crippen LogP contribution >= 0.6 is 11.3 Å². The first-order chi connectivity index (χ1) is 14.2. The molecule has 0 radical (unpaired) electrons. The van der Waals surface area contributed by atoms with Gasteiger partial charge in [0.25, 0.3) is 5.56 Å². The molecule has 0 aliphatic heterocycles. The third-order valence-electron chi connectivity index (χ3n) is 5.08. The highest BCUT2D eigenvalue weighted by Crippen LogP contribution is 2.27. The van der Waals surface area contributed by atoms with E-state index in [9.17, 15) is 9.59 Å². The molecule has 0 aliphatic rings. The van der Waals surface area contributed by atoms with E-state index in [0.717, 1.165) is 27.5 Å². The number of aromatic amines is 1. The molecule has 4 rings (SSSR count). The maximum atomic E-state index is 12.6. The van der Waals surface area contributed by atoms with Crippen molar-refractivity contribution in [3.8, 4) is 5.69 Å². The number of thiophene rings is 1. The zero-order valence-corrected chi connectivity index (χ0v) is 18.3. The second-order valence-electron chi connectivity index (χ2n) is 7.35. The van der Waals surface area contributed by atoms with Crippen molar-refractivity contribution < 1.29 is 9.53 Å². The van der Waals surface area contributed by atoms with Crippen molar-refractivity contribution in [3.05, 3.63) is 73.9 Å². The van der Waals surface area contributed by atoms with Crippen LogP contribution in [-0.4, -0.2) is 25.7 Å². The van der Waals surface area contributed by atoms with Gasteiger partial charge in [0.05, 0.1) is 22.3 Å². The van der Waals surface area contributed by atoms with Crippen molar-refractivity contribution in [1.82, 2.24) is 19.7 Å². The normalized spacial score (nSPS) is 12.3. The summed E-state index contributed by atoms with van der Waals surface area (Å²) in [4.78, 5) is 34.0. The van der Waals surface area contributed by atoms with E-state index in [4.69, 9.17) is 4.74 Å². The summed E-state index contributed by atoms with van der Waals surface area (Å²) in [5.74, 6) is -0.148. The second-order valence-corrected chi connectivity index (χ2v) is 8.55.